The number of rotatable bonds is 5. The highest BCUT2D eigenvalue weighted by atomic mass is 16.8. The lowest BCUT2D eigenvalue weighted by Gasteiger charge is -2.24. The Balaban J connectivity index is 1.98. The highest BCUT2D eigenvalue weighted by Gasteiger charge is 2.27. The maximum Gasteiger partial charge on any atom is 0.511 e. The van der Waals surface area contributed by atoms with Gasteiger partial charge in [-0.15, -0.1) is 0 Å². The van der Waals surface area contributed by atoms with Crippen molar-refractivity contribution in [2.45, 2.75) is 26.2 Å². The third-order valence-electron chi connectivity index (χ3n) is 3.60. The number of benzene rings is 1. The number of fused-ring (bicyclic) bond motifs is 1. The van der Waals surface area contributed by atoms with E-state index in [0.717, 1.165) is 12.0 Å². The monoisotopic (exact) mass is 353 g/mol. The van der Waals surface area contributed by atoms with Gasteiger partial charge < -0.3 is 28.6 Å². The standard InChI is InChI=1S/C16H19NO8/c1-9(17(3)15(19)24-10(2)25-16(20)21-4)14(18)11-5-6-12-13(7-11)23-8-22-12/h5-7,9-10H,8H2,1-4H3. The number of methoxy groups -OCH3 is 1. The van der Waals surface area contributed by atoms with Crippen molar-refractivity contribution in [3.8, 4) is 11.5 Å². The van der Waals surface area contributed by atoms with E-state index < -0.39 is 24.6 Å². The van der Waals surface area contributed by atoms with Gasteiger partial charge in [0.2, 0.25) is 13.1 Å². The predicted octanol–water partition coefficient (Wildman–Crippen LogP) is 2.18. The molecule has 0 saturated carbocycles. The smallest absolute Gasteiger partial charge is 0.454 e. The van der Waals surface area contributed by atoms with Crippen molar-refractivity contribution in [3.05, 3.63) is 23.8 Å². The van der Waals surface area contributed by atoms with Gasteiger partial charge in [-0.3, -0.25) is 4.79 Å². The van der Waals surface area contributed by atoms with Crippen molar-refractivity contribution < 1.29 is 38.1 Å². The molecule has 0 N–H and O–H groups in total. The van der Waals surface area contributed by atoms with Crippen LogP contribution in [0.2, 0.25) is 0 Å². The van der Waals surface area contributed by atoms with E-state index in [1.54, 1.807) is 25.1 Å². The second-order valence-electron chi connectivity index (χ2n) is 5.24. The van der Waals surface area contributed by atoms with Crippen LogP contribution in [-0.2, 0) is 14.2 Å². The number of likely N-dealkylation sites (N-methyl/N-ethyl adjacent to an activating group) is 1. The number of hydrogen-bond acceptors (Lipinski definition) is 8. The minimum atomic E-state index is -1.16. The van der Waals surface area contributed by atoms with Crippen LogP contribution in [0.3, 0.4) is 0 Å². The molecule has 1 amide bonds. The zero-order valence-corrected chi connectivity index (χ0v) is 14.3. The Bertz CT molecular complexity index is 674. The Morgan fingerprint density at radius 3 is 2.48 bits per heavy atom. The first-order valence-corrected chi connectivity index (χ1v) is 7.45. The molecule has 2 unspecified atom stereocenters. The molecule has 0 fully saturated rings. The maximum atomic E-state index is 12.5. The van der Waals surface area contributed by atoms with Crippen molar-refractivity contribution in [2.75, 3.05) is 21.0 Å². The van der Waals surface area contributed by atoms with E-state index >= 15 is 0 Å². The van der Waals surface area contributed by atoms with Crippen LogP contribution in [0, 0.1) is 0 Å². The summed E-state index contributed by atoms with van der Waals surface area (Å²) in [6.45, 7) is 3.01. The molecule has 1 aliphatic rings. The molecule has 1 heterocycles. The topological polar surface area (TPSA) is 101 Å². The highest BCUT2D eigenvalue weighted by Crippen LogP contribution is 2.33. The number of Topliss-reactive ketones (excluding diaryl/α,β-unsaturated/α-hetero) is 1. The first-order chi connectivity index (χ1) is 11.8. The van der Waals surface area contributed by atoms with Crippen LogP contribution in [0.1, 0.15) is 24.2 Å². The molecule has 0 aromatic heterocycles. The van der Waals surface area contributed by atoms with Crippen LogP contribution in [0.5, 0.6) is 11.5 Å². The molecule has 0 spiro atoms. The van der Waals surface area contributed by atoms with Crippen molar-refractivity contribution in [2.24, 2.45) is 0 Å². The lowest BCUT2D eigenvalue weighted by Crippen LogP contribution is -2.42. The van der Waals surface area contributed by atoms with Crippen molar-refractivity contribution in [1.82, 2.24) is 4.90 Å². The van der Waals surface area contributed by atoms with Crippen LogP contribution in [0.4, 0.5) is 9.59 Å². The quantitative estimate of drug-likeness (QED) is 0.451. The van der Waals surface area contributed by atoms with Crippen LogP contribution in [0.15, 0.2) is 18.2 Å². The minimum absolute atomic E-state index is 0.104. The molecule has 136 valence electrons. The van der Waals surface area contributed by atoms with Gasteiger partial charge in [0.15, 0.2) is 17.3 Å². The van der Waals surface area contributed by atoms with E-state index in [2.05, 4.69) is 9.47 Å². The number of hydrogen-bond donors (Lipinski definition) is 0. The number of nitrogens with zero attached hydrogens (tertiary/aromatic N) is 1. The lowest BCUT2D eigenvalue weighted by atomic mass is 10.0. The zero-order valence-electron chi connectivity index (χ0n) is 14.3. The summed E-state index contributed by atoms with van der Waals surface area (Å²) in [4.78, 5) is 36.7. The molecule has 1 aromatic rings. The number of ether oxygens (including phenoxy) is 5. The van der Waals surface area contributed by atoms with E-state index in [1.165, 1.54) is 14.0 Å². The molecule has 2 rings (SSSR count). The lowest BCUT2D eigenvalue weighted by molar-refractivity contribution is -0.0785. The van der Waals surface area contributed by atoms with Crippen LogP contribution in [-0.4, -0.2) is 56.2 Å². The van der Waals surface area contributed by atoms with Gasteiger partial charge in [0.25, 0.3) is 0 Å². The maximum absolute atomic E-state index is 12.5. The molecule has 1 aromatic carbocycles. The molecular formula is C16H19NO8. The van der Waals surface area contributed by atoms with E-state index in [0.29, 0.717) is 17.1 Å². The van der Waals surface area contributed by atoms with E-state index in [9.17, 15) is 14.4 Å². The summed E-state index contributed by atoms with van der Waals surface area (Å²) in [5.41, 5.74) is 0.371. The van der Waals surface area contributed by atoms with Crippen molar-refractivity contribution in [3.63, 3.8) is 0 Å². The molecular weight excluding hydrogens is 334 g/mol. The summed E-state index contributed by atoms with van der Waals surface area (Å²) in [5.74, 6) is 0.730. The Morgan fingerprint density at radius 1 is 1.12 bits per heavy atom. The largest absolute Gasteiger partial charge is 0.511 e. The van der Waals surface area contributed by atoms with Crippen LogP contribution in [0.25, 0.3) is 0 Å². The van der Waals surface area contributed by atoms with E-state index in [1.807, 2.05) is 0 Å². The summed E-state index contributed by atoms with van der Waals surface area (Å²) in [7, 11) is 2.54. The fraction of sp³-hybridized carbons (Fsp3) is 0.438. The molecule has 0 bridgehead atoms. The predicted molar refractivity (Wildman–Crippen MR) is 83.6 cm³/mol. The fourth-order valence-corrected chi connectivity index (χ4v) is 2.06. The number of ketones is 1. The summed E-state index contributed by atoms with van der Waals surface area (Å²) in [6, 6.07) is 3.98. The van der Waals surface area contributed by atoms with Crippen LogP contribution >= 0.6 is 0 Å². The molecule has 25 heavy (non-hydrogen) atoms. The Kier molecular flexibility index (Phi) is 5.68. The van der Waals surface area contributed by atoms with Gasteiger partial charge in [0.1, 0.15) is 0 Å². The third-order valence-corrected chi connectivity index (χ3v) is 3.60. The second kappa shape index (κ2) is 7.73. The third kappa shape index (κ3) is 4.31. The van der Waals surface area contributed by atoms with Gasteiger partial charge in [0, 0.05) is 19.5 Å². The average molecular weight is 353 g/mol. The number of amides is 1. The molecule has 9 heteroatoms. The first kappa shape index (κ1) is 18.4. The van der Waals surface area contributed by atoms with Crippen molar-refractivity contribution >= 4 is 18.0 Å². The fourth-order valence-electron chi connectivity index (χ4n) is 2.06. The Labute approximate surface area is 144 Å². The summed E-state index contributed by atoms with van der Waals surface area (Å²) in [6.07, 6.45) is -2.96. The molecule has 0 saturated heterocycles. The molecule has 0 aliphatic carbocycles. The normalized spacial score (nSPS) is 14.2. The van der Waals surface area contributed by atoms with E-state index in [-0.39, 0.29) is 12.6 Å². The van der Waals surface area contributed by atoms with Gasteiger partial charge in [-0.05, 0) is 25.1 Å². The van der Waals surface area contributed by atoms with Gasteiger partial charge in [-0.25, -0.2) is 9.59 Å². The van der Waals surface area contributed by atoms with E-state index in [4.69, 9.17) is 14.2 Å². The SMILES string of the molecule is COC(=O)OC(C)OC(=O)N(C)C(C)C(=O)c1ccc2c(c1)OCO2. The molecule has 2 atom stereocenters. The molecule has 0 radical (unpaired) electrons. The summed E-state index contributed by atoms with van der Waals surface area (Å²) < 4.78 is 24.3. The van der Waals surface area contributed by atoms with Gasteiger partial charge in [-0.1, -0.05) is 0 Å². The van der Waals surface area contributed by atoms with Gasteiger partial charge in [0.05, 0.1) is 13.2 Å². The number of carbonyl (C=O) groups is 3. The molecule has 9 nitrogen and oxygen atoms in total. The Hall–Kier alpha value is -2.97. The first-order valence-electron chi connectivity index (χ1n) is 7.45. The van der Waals surface area contributed by atoms with Gasteiger partial charge >= 0.3 is 12.2 Å². The average Bonchev–Trinajstić information content (AvgIpc) is 3.06. The number of carbonyl (C=O) groups excluding carboxylic acids is 3. The molecule has 1 aliphatic heterocycles. The highest BCUT2D eigenvalue weighted by molar-refractivity contribution is 6.01. The van der Waals surface area contributed by atoms with Crippen LogP contribution < -0.4 is 9.47 Å². The Morgan fingerprint density at radius 2 is 1.80 bits per heavy atom. The van der Waals surface area contributed by atoms with Crippen molar-refractivity contribution in [1.29, 1.82) is 0 Å². The minimum Gasteiger partial charge on any atom is -0.454 e. The summed E-state index contributed by atoms with van der Waals surface area (Å²) >= 11 is 0. The zero-order chi connectivity index (χ0) is 18.6. The van der Waals surface area contributed by atoms with Gasteiger partial charge in [-0.2, -0.15) is 0 Å². The summed E-state index contributed by atoms with van der Waals surface area (Å²) in [5, 5.41) is 0. The second-order valence-corrected chi connectivity index (χ2v) is 5.24.